The first-order valence-corrected chi connectivity index (χ1v) is 3.88. The molecular formula is C10H13NO. The Morgan fingerprint density at radius 2 is 1.83 bits per heavy atom. The second-order valence-corrected chi connectivity index (χ2v) is 2.67. The molecule has 0 aromatic heterocycles. The highest BCUT2D eigenvalue weighted by Gasteiger charge is 1.90. The maximum Gasteiger partial charge on any atom is 0.184 e. The molecule has 2 heteroatoms. The lowest BCUT2D eigenvalue weighted by atomic mass is 10.2. The van der Waals surface area contributed by atoms with Gasteiger partial charge in [-0.3, -0.25) is 0 Å². The van der Waals surface area contributed by atoms with E-state index in [2.05, 4.69) is 11.9 Å². The lowest BCUT2D eigenvalue weighted by Gasteiger charge is -1.98. The fraction of sp³-hybridized carbons (Fsp3) is 0.300. The van der Waals surface area contributed by atoms with E-state index in [0.29, 0.717) is 5.90 Å². The highest BCUT2D eigenvalue weighted by molar-refractivity contribution is 5.76. The fourth-order valence-corrected chi connectivity index (χ4v) is 0.847. The third-order valence-corrected chi connectivity index (χ3v) is 1.62. The van der Waals surface area contributed by atoms with Crippen LogP contribution in [0, 0.1) is 6.92 Å². The number of aryl methyl sites for hydroxylation is 1. The summed E-state index contributed by atoms with van der Waals surface area (Å²) in [6, 6.07) is 8.00. The highest BCUT2D eigenvalue weighted by atomic mass is 16.5. The molecule has 0 fully saturated rings. The van der Waals surface area contributed by atoms with Crippen molar-refractivity contribution in [3.63, 3.8) is 0 Å². The van der Waals surface area contributed by atoms with E-state index in [1.54, 1.807) is 7.11 Å². The van der Waals surface area contributed by atoms with Gasteiger partial charge in [0.05, 0.1) is 12.8 Å². The van der Waals surface area contributed by atoms with Crippen molar-refractivity contribution in [3.8, 4) is 0 Å². The summed E-state index contributed by atoms with van der Waals surface area (Å²) in [4.78, 5) is 4.21. The number of rotatable bonds is 1. The van der Waals surface area contributed by atoms with Gasteiger partial charge in [-0.2, -0.15) is 0 Å². The molecule has 0 spiro atoms. The molecule has 0 atom stereocenters. The lowest BCUT2D eigenvalue weighted by Crippen LogP contribution is -1.91. The van der Waals surface area contributed by atoms with Crippen molar-refractivity contribution in [3.05, 3.63) is 29.8 Å². The number of nitrogens with zero attached hydrogens (tertiary/aromatic N) is 1. The Balaban J connectivity index is 2.84. The molecule has 1 rings (SSSR count). The van der Waals surface area contributed by atoms with Gasteiger partial charge in [0.15, 0.2) is 5.90 Å². The Labute approximate surface area is 72.9 Å². The molecule has 0 aliphatic rings. The van der Waals surface area contributed by atoms with Gasteiger partial charge in [0, 0.05) is 6.92 Å². The van der Waals surface area contributed by atoms with Crippen molar-refractivity contribution in [2.24, 2.45) is 4.99 Å². The van der Waals surface area contributed by atoms with Crippen molar-refractivity contribution in [1.29, 1.82) is 0 Å². The van der Waals surface area contributed by atoms with E-state index in [1.807, 2.05) is 31.2 Å². The van der Waals surface area contributed by atoms with E-state index in [-0.39, 0.29) is 0 Å². The van der Waals surface area contributed by atoms with Crippen LogP contribution in [0.5, 0.6) is 0 Å². The molecule has 0 saturated carbocycles. The van der Waals surface area contributed by atoms with Crippen LogP contribution < -0.4 is 0 Å². The van der Waals surface area contributed by atoms with Gasteiger partial charge < -0.3 is 4.74 Å². The van der Waals surface area contributed by atoms with Crippen LogP contribution in [0.15, 0.2) is 29.3 Å². The molecule has 0 aliphatic carbocycles. The third kappa shape index (κ3) is 2.38. The zero-order valence-corrected chi connectivity index (χ0v) is 7.66. The number of benzene rings is 1. The summed E-state index contributed by atoms with van der Waals surface area (Å²) in [5, 5.41) is 0. The molecule has 0 saturated heterocycles. The van der Waals surface area contributed by atoms with E-state index in [0.717, 1.165) is 5.69 Å². The smallest absolute Gasteiger partial charge is 0.184 e. The van der Waals surface area contributed by atoms with Crippen LogP contribution >= 0.6 is 0 Å². The first-order valence-electron chi connectivity index (χ1n) is 3.88. The molecule has 1 aromatic carbocycles. The molecule has 0 unspecified atom stereocenters. The average Bonchev–Trinajstić information content (AvgIpc) is 2.09. The Morgan fingerprint density at radius 3 is 2.33 bits per heavy atom. The van der Waals surface area contributed by atoms with E-state index < -0.39 is 0 Å². The summed E-state index contributed by atoms with van der Waals surface area (Å²) in [7, 11) is 1.62. The molecule has 0 amide bonds. The first-order chi connectivity index (χ1) is 5.72. The normalized spacial score (nSPS) is 11.4. The molecule has 64 valence electrons. The third-order valence-electron chi connectivity index (χ3n) is 1.62. The molecule has 1 aromatic rings. The molecule has 0 heterocycles. The number of hydrogen-bond acceptors (Lipinski definition) is 2. The number of hydrogen-bond donors (Lipinski definition) is 0. The van der Waals surface area contributed by atoms with Crippen molar-refractivity contribution in [2.45, 2.75) is 13.8 Å². The Kier molecular flexibility index (Phi) is 2.86. The minimum absolute atomic E-state index is 0.679. The maximum atomic E-state index is 4.93. The van der Waals surface area contributed by atoms with Crippen LogP contribution in [-0.2, 0) is 4.74 Å². The molecule has 0 bridgehead atoms. The molecule has 0 N–H and O–H groups in total. The lowest BCUT2D eigenvalue weighted by molar-refractivity contribution is 0.400. The van der Waals surface area contributed by atoms with Crippen molar-refractivity contribution < 1.29 is 4.74 Å². The summed E-state index contributed by atoms with van der Waals surface area (Å²) < 4.78 is 4.93. The fourth-order valence-electron chi connectivity index (χ4n) is 0.847. The SMILES string of the molecule is COC(C)=Nc1ccc(C)cc1. The maximum absolute atomic E-state index is 4.93. The minimum Gasteiger partial charge on any atom is -0.484 e. The van der Waals surface area contributed by atoms with Gasteiger partial charge in [0.2, 0.25) is 0 Å². The largest absolute Gasteiger partial charge is 0.484 e. The topological polar surface area (TPSA) is 21.6 Å². The number of aliphatic imine (C=N–C) groups is 1. The van der Waals surface area contributed by atoms with E-state index >= 15 is 0 Å². The molecule has 12 heavy (non-hydrogen) atoms. The van der Waals surface area contributed by atoms with Crippen LogP contribution in [0.25, 0.3) is 0 Å². The van der Waals surface area contributed by atoms with Gasteiger partial charge in [0.25, 0.3) is 0 Å². The summed E-state index contributed by atoms with van der Waals surface area (Å²) in [6.07, 6.45) is 0. The number of methoxy groups -OCH3 is 1. The molecule has 0 aliphatic heterocycles. The van der Waals surface area contributed by atoms with Gasteiger partial charge in [0.1, 0.15) is 0 Å². The summed E-state index contributed by atoms with van der Waals surface area (Å²) >= 11 is 0. The Morgan fingerprint density at radius 1 is 1.25 bits per heavy atom. The Bertz CT molecular complexity index is 274. The predicted molar refractivity (Wildman–Crippen MR) is 51.0 cm³/mol. The summed E-state index contributed by atoms with van der Waals surface area (Å²) in [5.41, 5.74) is 2.17. The van der Waals surface area contributed by atoms with Crippen molar-refractivity contribution in [2.75, 3.05) is 7.11 Å². The monoisotopic (exact) mass is 163 g/mol. The second-order valence-electron chi connectivity index (χ2n) is 2.67. The zero-order valence-electron chi connectivity index (χ0n) is 7.66. The predicted octanol–water partition coefficient (Wildman–Crippen LogP) is 2.69. The second kappa shape index (κ2) is 3.90. The van der Waals surface area contributed by atoms with Crippen molar-refractivity contribution in [1.82, 2.24) is 0 Å². The van der Waals surface area contributed by atoms with Crippen molar-refractivity contribution >= 4 is 11.6 Å². The van der Waals surface area contributed by atoms with Gasteiger partial charge in [-0.1, -0.05) is 17.7 Å². The van der Waals surface area contributed by atoms with Crippen LogP contribution in [0.1, 0.15) is 12.5 Å². The van der Waals surface area contributed by atoms with E-state index in [9.17, 15) is 0 Å². The zero-order chi connectivity index (χ0) is 8.97. The molecule has 2 nitrogen and oxygen atoms in total. The average molecular weight is 163 g/mol. The Hall–Kier alpha value is -1.31. The summed E-state index contributed by atoms with van der Waals surface area (Å²) in [5.74, 6) is 0.679. The van der Waals surface area contributed by atoms with E-state index in [4.69, 9.17) is 4.74 Å². The van der Waals surface area contributed by atoms with Gasteiger partial charge in [-0.05, 0) is 19.1 Å². The highest BCUT2D eigenvalue weighted by Crippen LogP contribution is 2.12. The quantitative estimate of drug-likeness (QED) is 0.460. The van der Waals surface area contributed by atoms with Gasteiger partial charge >= 0.3 is 0 Å². The van der Waals surface area contributed by atoms with Gasteiger partial charge in [-0.15, -0.1) is 0 Å². The number of ether oxygens (including phenoxy) is 1. The molecule has 0 radical (unpaired) electrons. The van der Waals surface area contributed by atoms with Gasteiger partial charge in [-0.25, -0.2) is 4.99 Å². The first kappa shape index (κ1) is 8.78. The van der Waals surface area contributed by atoms with Crippen LogP contribution in [0.2, 0.25) is 0 Å². The van der Waals surface area contributed by atoms with Crippen LogP contribution in [0.4, 0.5) is 5.69 Å². The standard InChI is InChI=1S/C10H13NO/c1-8-4-6-10(7-5-8)11-9(2)12-3/h4-7H,1-3H3. The minimum atomic E-state index is 0.679. The van der Waals surface area contributed by atoms with E-state index in [1.165, 1.54) is 5.56 Å². The molecular weight excluding hydrogens is 150 g/mol. The van der Waals surface area contributed by atoms with Crippen LogP contribution in [0.3, 0.4) is 0 Å². The van der Waals surface area contributed by atoms with Crippen LogP contribution in [-0.4, -0.2) is 13.0 Å². The summed E-state index contributed by atoms with van der Waals surface area (Å²) in [6.45, 7) is 3.89.